The Morgan fingerprint density at radius 3 is 2.59 bits per heavy atom. The summed E-state index contributed by atoms with van der Waals surface area (Å²) < 4.78 is 12.3. The smallest absolute Gasteiger partial charge is 0.345 e. The van der Waals surface area contributed by atoms with Gasteiger partial charge in [-0.25, -0.2) is 4.79 Å². The van der Waals surface area contributed by atoms with Crippen molar-refractivity contribution in [2.45, 2.75) is 38.1 Å². The van der Waals surface area contributed by atoms with Gasteiger partial charge in [0.1, 0.15) is 4.88 Å². The van der Waals surface area contributed by atoms with Gasteiger partial charge in [-0.05, 0) is 85.7 Å². The SMILES string of the molecule is COc1cc2c(cc1OCCCC(=O)Nc1ccc(C(=O)Nc3ccc4sc(C(=O)O)cc4c3)cc1)N=C[C@@H]1CCCCN1C2=O. The summed E-state index contributed by atoms with van der Waals surface area (Å²) in [4.78, 5) is 56.5. The summed E-state index contributed by atoms with van der Waals surface area (Å²) in [5.74, 6) is -0.681. The number of carbonyl (C=O) groups is 4. The normalized spacial score (nSPS) is 15.5. The van der Waals surface area contributed by atoms with Crippen LogP contribution in [0.5, 0.6) is 11.5 Å². The Balaban J connectivity index is 0.994. The van der Waals surface area contributed by atoms with E-state index < -0.39 is 5.97 Å². The summed E-state index contributed by atoms with van der Waals surface area (Å²) in [6.45, 7) is 0.965. The molecular formula is C34H32N4O7S. The van der Waals surface area contributed by atoms with Crippen LogP contribution in [0.15, 0.2) is 65.7 Å². The molecule has 46 heavy (non-hydrogen) atoms. The third kappa shape index (κ3) is 6.71. The molecular weight excluding hydrogens is 608 g/mol. The Morgan fingerprint density at radius 2 is 1.80 bits per heavy atom. The van der Waals surface area contributed by atoms with Gasteiger partial charge < -0.3 is 30.1 Å². The van der Waals surface area contributed by atoms with Gasteiger partial charge in [0.05, 0.1) is 31.0 Å². The third-order valence-corrected chi connectivity index (χ3v) is 9.03. The zero-order valence-corrected chi connectivity index (χ0v) is 25.9. The van der Waals surface area contributed by atoms with Crippen LogP contribution in [-0.4, -0.2) is 66.2 Å². The molecule has 12 heteroatoms. The highest BCUT2D eigenvalue weighted by Crippen LogP contribution is 2.38. The largest absolute Gasteiger partial charge is 0.493 e. The molecule has 1 saturated heterocycles. The van der Waals surface area contributed by atoms with Crippen molar-refractivity contribution in [3.05, 3.63) is 76.7 Å². The first-order chi connectivity index (χ1) is 22.3. The van der Waals surface area contributed by atoms with Gasteiger partial charge in [0, 0.05) is 46.9 Å². The topological polar surface area (TPSA) is 147 Å². The maximum Gasteiger partial charge on any atom is 0.345 e. The number of amides is 3. The highest BCUT2D eigenvalue weighted by molar-refractivity contribution is 7.20. The number of benzene rings is 3. The minimum Gasteiger partial charge on any atom is -0.493 e. The fourth-order valence-electron chi connectivity index (χ4n) is 5.56. The molecule has 6 rings (SSSR count). The van der Waals surface area contributed by atoms with E-state index in [-0.39, 0.29) is 41.7 Å². The summed E-state index contributed by atoms with van der Waals surface area (Å²) in [5, 5.41) is 15.6. The van der Waals surface area contributed by atoms with E-state index in [4.69, 9.17) is 9.47 Å². The Hall–Kier alpha value is -5.23. The number of carboxylic acids is 1. The Kier molecular flexibility index (Phi) is 8.97. The lowest BCUT2D eigenvalue weighted by Crippen LogP contribution is -2.43. The van der Waals surface area contributed by atoms with Gasteiger partial charge in [-0.2, -0.15) is 0 Å². The molecule has 3 aromatic carbocycles. The first-order valence-electron chi connectivity index (χ1n) is 15.0. The average molecular weight is 641 g/mol. The van der Waals surface area contributed by atoms with Crippen LogP contribution < -0.4 is 20.1 Å². The van der Waals surface area contributed by atoms with Crippen molar-refractivity contribution < 1.29 is 33.8 Å². The van der Waals surface area contributed by atoms with Crippen LogP contribution in [0.3, 0.4) is 0 Å². The first kappa shape index (κ1) is 30.8. The van der Waals surface area contributed by atoms with E-state index >= 15 is 0 Å². The molecule has 0 unspecified atom stereocenters. The van der Waals surface area contributed by atoms with E-state index in [2.05, 4.69) is 15.6 Å². The predicted octanol–water partition coefficient (Wildman–Crippen LogP) is 6.37. The van der Waals surface area contributed by atoms with E-state index in [0.717, 1.165) is 29.3 Å². The number of fused-ring (bicyclic) bond motifs is 3. The summed E-state index contributed by atoms with van der Waals surface area (Å²) in [7, 11) is 1.52. The Bertz CT molecular complexity index is 1850. The van der Waals surface area contributed by atoms with Gasteiger partial charge >= 0.3 is 5.97 Å². The van der Waals surface area contributed by atoms with E-state index in [1.165, 1.54) is 18.4 Å². The van der Waals surface area contributed by atoms with Gasteiger partial charge in [-0.3, -0.25) is 19.4 Å². The van der Waals surface area contributed by atoms with Crippen LogP contribution in [0.1, 0.15) is 62.5 Å². The second-order valence-corrected chi connectivity index (χ2v) is 12.1. The fourth-order valence-corrected chi connectivity index (χ4v) is 6.44. The molecule has 1 atom stereocenters. The lowest BCUT2D eigenvalue weighted by atomic mass is 10.0. The van der Waals surface area contributed by atoms with Gasteiger partial charge in [-0.15, -0.1) is 11.3 Å². The van der Waals surface area contributed by atoms with E-state index in [0.29, 0.717) is 52.7 Å². The van der Waals surface area contributed by atoms with E-state index in [1.54, 1.807) is 60.7 Å². The number of aromatic carboxylic acids is 1. The van der Waals surface area contributed by atoms with Crippen LogP contribution in [0.2, 0.25) is 0 Å². The molecule has 236 valence electrons. The van der Waals surface area contributed by atoms with Gasteiger partial charge in [-0.1, -0.05) is 0 Å². The number of methoxy groups -OCH3 is 1. The third-order valence-electron chi connectivity index (χ3n) is 7.93. The zero-order valence-electron chi connectivity index (χ0n) is 25.1. The standard InChI is InChI=1S/C34H32N4O7S/c1-44-27-17-25-26(35-19-24-5-2-3-13-38(24)33(25)41)18-28(27)45-14-4-6-31(39)36-22-9-7-20(8-10-22)32(40)37-23-11-12-29-21(15-23)16-30(46-29)34(42)43/h7-12,15-19,24H,2-6,13-14H2,1H3,(H,36,39)(H,37,40)(H,42,43)/t24-/m0/s1. The van der Waals surface area contributed by atoms with E-state index in [9.17, 15) is 24.3 Å². The number of thiophene rings is 1. The lowest BCUT2D eigenvalue weighted by molar-refractivity contribution is -0.116. The number of anilines is 2. The van der Waals surface area contributed by atoms with Crippen molar-refractivity contribution in [2.75, 3.05) is 30.9 Å². The molecule has 1 fully saturated rings. The number of carbonyl (C=O) groups excluding carboxylic acids is 3. The number of nitrogens with zero attached hydrogens (tertiary/aromatic N) is 2. The number of ether oxygens (including phenoxy) is 2. The first-order valence-corrected chi connectivity index (χ1v) is 15.8. The molecule has 3 heterocycles. The van der Waals surface area contributed by atoms with Crippen molar-refractivity contribution in [2.24, 2.45) is 4.99 Å². The number of nitrogens with one attached hydrogen (secondary N) is 2. The molecule has 0 aliphatic carbocycles. The Morgan fingerprint density at radius 1 is 1.00 bits per heavy atom. The maximum atomic E-state index is 13.2. The average Bonchev–Trinajstić information content (AvgIpc) is 3.44. The summed E-state index contributed by atoms with van der Waals surface area (Å²) in [6, 6.07) is 16.7. The molecule has 0 bridgehead atoms. The van der Waals surface area contributed by atoms with Crippen LogP contribution in [0.25, 0.3) is 10.1 Å². The number of hydrogen-bond donors (Lipinski definition) is 3. The summed E-state index contributed by atoms with van der Waals surface area (Å²) in [6.07, 6.45) is 5.43. The van der Waals surface area contributed by atoms with Crippen molar-refractivity contribution in [1.82, 2.24) is 4.90 Å². The summed E-state index contributed by atoms with van der Waals surface area (Å²) in [5.41, 5.74) is 2.54. The van der Waals surface area contributed by atoms with Crippen molar-refractivity contribution in [3.63, 3.8) is 0 Å². The predicted molar refractivity (Wildman–Crippen MR) is 176 cm³/mol. The second kappa shape index (κ2) is 13.4. The molecule has 3 N–H and O–H groups in total. The molecule has 11 nitrogen and oxygen atoms in total. The van der Waals surface area contributed by atoms with Crippen molar-refractivity contribution >= 4 is 68.4 Å². The van der Waals surface area contributed by atoms with Crippen LogP contribution >= 0.6 is 11.3 Å². The number of piperidine rings is 1. The monoisotopic (exact) mass is 640 g/mol. The van der Waals surface area contributed by atoms with Crippen molar-refractivity contribution in [3.8, 4) is 11.5 Å². The van der Waals surface area contributed by atoms with Crippen LogP contribution in [0.4, 0.5) is 17.1 Å². The number of carboxylic acid groups (broad SMARTS) is 1. The number of rotatable bonds is 10. The van der Waals surface area contributed by atoms with Gasteiger partial charge in [0.25, 0.3) is 11.8 Å². The maximum absolute atomic E-state index is 13.2. The second-order valence-electron chi connectivity index (χ2n) is 11.1. The Labute approximate surface area is 268 Å². The summed E-state index contributed by atoms with van der Waals surface area (Å²) >= 11 is 1.18. The van der Waals surface area contributed by atoms with Gasteiger partial charge in [0.15, 0.2) is 11.5 Å². The molecule has 2 aliphatic heterocycles. The lowest BCUT2D eigenvalue weighted by Gasteiger charge is -2.32. The molecule has 0 radical (unpaired) electrons. The van der Waals surface area contributed by atoms with Crippen molar-refractivity contribution in [1.29, 1.82) is 0 Å². The highest BCUT2D eigenvalue weighted by atomic mass is 32.1. The zero-order chi connectivity index (χ0) is 32.2. The van der Waals surface area contributed by atoms with Crippen LogP contribution in [0, 0.1) is 0 Å². The minimum atomic E-state index is -0.987. The molecule has 3 amide bonds. The molecule has 2 aliphatic rings. The highest BCUT2D eigenvalue weighted by Gasteiger charge is 2.31. The van der Waals surface area contributed by atoms with Crippen LogP contribution in [-0.2, 0) is 4.79 Å². The quantitative estimate of drug-likeness (QED) is 0.171. The molecule has 0 saturated carbocycles. The number of hydrogen-bond acceptors (Lipinski definition) is 8. The number of aliphatic imine (C=N–C) groups is 1. The molecule has 1 aromatic heterocycles. The molecule has 0 spiro atoms. The molecule has 4 aromatic rings. The van der Waals surface area contributed by atoms with Gasteiger partial charge in [0.2, 0.25) is 5.91 Å². The minimum absolute atomic E-state index is 0.0000584. The fraction of sp³-hybridized carbons (Fsp3) is 0.265. The van der Waals surface area contributed by atoms with E-state index in [1.807, 2.05) is 11.1 Å².